The van der Waals surface area contributed by atoms with Crippen LogP contribution in [0.3, 0.4) is 0 Å². The lowest BCUT2D eigenvalue weighted by Crippen LogP contribution is -2.29. The molecule has 0 bridgehead atoms. The molecule has 0 radical (unpaired) electrons. The first-order chi connectivity index (χ1) is 15.6. The molecule has 0 fully saturated rings. The van der Waals surface area contributed by atoms with Crippen LogP contribution < -0.4 is 10.2 Å². The number of rotatable bonds is 5. The molecule has 6 nitrogen and oxygen atoms in total. The molecule has 1 aliphatic heterocycles. The molecule has 160 valence electrons. The lowest BCUT2D eigenvalue weighted by molar-refractivity contribution is 0.0714. The Morgan fingerprint density at radius 2 is 2.00 bits per heavy atom. The van der Waals surface area contributed by atoms with Gasteiger partial charge in [0.05, 0.1) is 23.6 Å². The predicted molar refractivity (Wildman–Crippen MR) is 116 cm³/mol. The first-order valence-corrected chi connectivity index (χ1v) is 10.3. The molecule has 1 amide bonds. The van der Waals surface area contributed by atoms with Gasteiger partial charge in [-0.25, -0.2) is 4.39 Å². The van der Waals surface area contributed by atoms with Gasteiger partial charge < -0.3 is 14.1 Å². The molecule has 1 unspecified atom stereocenters. The molecule has 0 saturated heterocycles. The lowest BCUT2D eigenvalue weighted by atomic mass is 9.98. The van der Waals surface area contributed by atoms with Crippen LogP contribution in [0.2, 0.25) is 0 Å². The number of nitrogens with zero attached hydrogens (tertiary/aromatic N) is 2. The number of hydrogen-bond acceptors (Lipinski definition) is 5. The van der Waals surface area contributed by atoms with Crippen LogP contribution in [0.4, 0.5) is 4.39 Å². The predicted octanol–water partition coefficient (Wildman–Crippen LogP) is 4.47. The van der Waals surface area contributed by atoms with Gasteiger partial charge in [0.25, 0.3) is 5.91 Å². The first kappa shape index (κ1) is 19.9. The fourth-order valence-corrected chi connectivity index (χ4v) is 4.13. The van der Waals surface area contributed by atoms with Crippen LogP contribution in [0, 0.1) is 5.82 Å². The summed E-state index contributed by atoms with van der Waals surface area (Å²) in [6.07, 6.45) is 3.32. The van der Waals surface area contributed by atoms with Crippen LogP contribution in [-0.4, -0.2) is 22.4 Å². The van der Waals surface area contributed by atoms with Gasteiger partial charge in [0.2, 0.25) is 5.76 Å². The highest BCUT2D eigenvalue weighted by molar-refractivity contribution is 5.99. The summed E-state index contributed by atoms with van der Waals surface area (Å²) in [5.41, 5.74) is 1.46. The van der Waals surface area contributed by atoms with Crippen molar-refractivity contribution in [1.82, 2.24) is 9.88 Å². The van der Waals surface area contributed by atoms with Gasteiger partial charge >= 0.3 is 0 Å². The number of pyridine rings is 1. The maximum Gasteiger partial charge on any atom is 0.291 e. The summed E-state index contributed by atoms with van der Waals surface area (Å²) in [7, 11) is 0. The van der Waals surface area contributed by atoms with Gasteiger partial charge in [-0.05, 0) is 54.4 Å². The van der Waals surface area contributed by atoms with Gasteiger partial charge in [-0.1, -0.05) is 18.2 Å². The summed E-state index contributed by atoms with van der Waals surface area (Å²) in [4.78, 5) is 32.6. The smallest absolute Gasteiger partial charge is 0.291 e. The van der Waals surface area contributed by atoms with E-state index < -0.39 is 23.2 Å². The minimum Gasteiger partial charge on any atom is -0.494 e. The van der Waals surface area contributed by atoms with Gasteiger partial charge in [0.15, 0.2) is 5.43 Å². The van der Waals surface area contributed by atoms with Crippen molar-refractivity contribution in [3.63, 3.8) is 0 Å². The molecule has 0 aliphatic carbocycles. The van der Waals surface area contributed by atoms with Crippen LogP contribution in [0.1, 0.15) is 40.2 Å². The Morgan fingerprint density at radius 3 is 2.78 bits per heavy atom. The van der Waals surface area contributed by atoms with E-state index in [-0.39, 0.29) is 28.8 Å². The Morgan fingerprint density at radius 1 is 1.12 bits per heavy atom. The summed E-state index contributed by atoms with van der Waals surface area (Å²) in [6.45, 7) is 2.59. The summed E-state index contributed by atoms with van der Waals surface area (Å²) in [5, 5.41) is 0.103. The van der Waals surface area contributed by atoms with E-state index in [1.165, 1.54) is 12.1 Å². The number of carbonyl (C=O) groups is 1. The monoisotopic (exact) mass is 430 g/mol. The normalized spacial score (nSPS) is 15.2. The molecular formula is C25H19FN2O4. The minimum absolute atomic E-state index is 0.0233. The molecule has 0 saturated carbocycles. The van der Waals surface area contributed by atoms with Crippen LogP contribution >= 0.6 is 0 Å². The number of hydrogen-bond donors (Lipinski definition) is 0. The van der Waals surface area contributed by atoms with E-state index in [2.05, 4.69) is 4.98 Å². The molecule has 3 heterocycles. The SMILES string of the molecule is CCOc1cccc(C2c3c(oc4ccc(F)cc4c3=O)C(=O)N2Cc2cccnc2)c1. The highest BCUT2D eigenvalue weighted by Crippen LogP contribution is 2.40. The number of halogens is 1. The second kappa shape index (κ2) is 7.92. The molecule has 7 heteroatoms. The average Bonchev–Trinajstić information content (AvgIpc) is 3.07. The zero-order valence-corrected chi connectivity index (χ0v) is 17.2. The van der Waals surface area contributed by atoms with E-state index in [1.807, 2.05) is 37.3 Å². The number of benzene rings is 2. The Bertz CT molecular complexity index is 1380. The van der Waals surface area contributed by atoms with Gasteiger partial charge in [0, 0.05) is 18.9 Å². The van der Waals surface area contributed by atoms with Crippen molar-refractivity contribution in [2.24, 2.45) is 0 Å². The molecule has 2 aromatic heterocycles. The maximum atomic E-state index is 13.9. The second-order valence-corrected chi connectivity index (χ2v) is 7.52. The van der Waals surface area contributed by atoms with Crippen LogP contribution in [0.5, 0.6) is 5.75 Å². The van der Waals surface area contributed by atoms with E-state index in [0.29, 0.717) is 17.9 Å². The third-order valence-electron chi connectivity index (χ3n) is 5.49. The summed E-state index contributed by atoms with van der Waals surface area (Å²) in [6, 6.07) is 13.9. The number of fused-ring (bicyclic) bond motifs is 2. The molecule has 32 heavy (non-hydrogen) atoms. The minimum atomic E-state index is -0.706. The van der Waals surface area contributed by atoms with Crippen molar-refractivity contribution in [3.05, 3.63) is 105 Å². The van der Waals surface area contributed by atoms with Crippen LogP contribution in [0.15, 0.2) is 76.2 Å². The van der Waals surface area contributed by atoms with Gasteiger partial charge in [-0.3, -0.25) is 14.6 Å². The fraction of sp³-hybridized carbons (Fsp3) is 0.160. The molecule has 0 spiro atoms. The zero-order chi connectivity index (χ0) is 22.2. The molecule has 1 atom stereocenters. The Kier molecular flexibility index (Phi) is 4.93. The van der Waals surface area contributed by atoms with Gasteiger partial charge in [-0.2, -0.15) is 0 Å². The average molecular weight is 430 g/mol. The molecule has 1 aliphatic rings. The van der Waals surface area contributed by atoms with E-state index in [0.717, 1.165) is 11.6 Å². The Hall–Kier alpha value is -4.00. The van der Waals surface area contributed by atoms with E-state index in [9.17, 15) is 14.0 Å². The molecule has 2 aromatic carbocycles. The Labute approximate surface area is 182 Å². The number of aromatic nitrogens is 1. The third-order valence-corrected chi connectivity index (χ3v) is 5.49. The van der Waals surface area contributed by atoms with Crippen molar-refractivity contribution in [2.45, 2.75) is 19.5 Å². The zero-order valence-electron chi connectivity index (χ0n) is 17.2. The van der Waals surface area contributed by atoms with Gasteiger partial charge in [0.1, 0.15) is 17.1 Å². The highest BCUT2D eigenvalue weighted by Gasteiger charge is 2.42. The number of amides is 1. The summed E-state index contributed by atoms with van der Waals surface area (Å²) >= 11 is 0. The lowest BCUT2D eigenvalue weighted by Gasteiger charge is -2.25. The highest BCUT2D eigenvalue weighted by atomic mass is 19.1. The van der Waals surface area contributed by atoms with E-state index in [4.69, 9.17) is 9.15 Å². The summed E-state index contributed by atoms with van der Waals surface area (Å²) < 4.78 is 25.4. The molecule has 0 N–H and O–H groups in total. The van der Waals surface area contributed by atoms with Crippen LogP contribution in [0.25, 0.3) is 11.0 Å². The Balaban J connectivity index is 1.72. The summed E-state index contributed by atoms with van der Waals surface area (Å²) in [5.74, 6) is -0.344. The van der Waals surface area contributed by atoms with Crippen molar-refractivity contribution in [3.8, 4) is 5.75 Å². The second-order valence-electron chi connectivity index (χ2n) is 7.52. The van der Waals surface area contributed by atoms with Crippen molar-refractivity contribution in [1.29, 1.82) is 0 Å². The molecular weight excluding hydrogens is 411 g/mol. The van der Waals surface area contributed by atoms with Crippen molar-refractivity contribution in [2.75, 3.05) is 6.61 Å². The van der Waals surface area contributed by atoms with Crippen LogP contribution in [-0.2, 0) is 6.54 Å². The topological polar surface area (TPSA) is 72.6 Å². The number of ether oxygens (including phenoxy) is 1. The fourth-order valence-electron chi connectivity index (χ4n) is 4.13. The molecule has 4 aromatic rings. The maximum absolute atomic E-state index is 13.9. The first-order valence-electron chi connectivity index (χ1n) is 10.3. The standard InChI is InChI=1S/C25H19FN2O4/c1-2-31-18-7-3-6-16(11-18)22-21-23(29)19-12-17(26)8-9-20(19)32-24(21)25(30)28(22)14-15-5-4-10-27-13-15/h3-13,22H,2,14H2,1H3. The van der Waals surface area contributed by atoms with Gasteiger partial charge in [-0.15, -0.1) is 0 Å². The van der Waals surface area contributed by atoms with E-state index >= 15 is 0 Å². The van der Waals surface area contributed by atoms with E-state index in [1.54, 1.807) is 23.4 Å². The molecule has 5 rings (SSSR count). The largest absolute Gasteiger partial charge is 0.494 e. The third kappa shape index (κ3) is 3.32. The quantitative estimate of drug-likeness (QED) is 0.467. The van der Waals surface area contributed by atoms with Crippen molar-refractivity contribution < 1.29 is 18.3 Å². The number of carbonyl (C=O) groups excluding carboxylic acids is 1. The van der Waals surface area contributed by atoms with Crippen molar-refractivity contribution >= 4 is 16.9 Å².